The molecular formula is C21H21FN4. The molecule has 0 fully saturated rings. The van der Waals surface area contributed by atoms with Gasteiger partial charge < -0.3 is 0 Å². The number of aromatic nitrogens is 3. The molecular weight excluding hydrogens is 327 g/mol. The monoisotopic (exact) mass is 348 g/mol. The van der Waals surface area contributed by atoms with Crippen molar-refractivity contribution in [2.45, 2.75) is 45.6 Å². The number of hydrogen-bond acceptors (Lipinski definition) is 4. The predicted molar refractivity (Wildman–Crippen MR) is 101 cm³/mol. The lowest BCUT2D eigenvalue weighted by Gasteiger charge is -2.44. The minimum Gasteiger partial charge on any atom is -0.274 e. The van der Waals surface area contributed by atoms with E-state index in [1.165, 1.54) is 17.2 Å². The van der Waals surface area contributed by atoms with Gasteiger partial charge in [0.05, 0.1) is 11.1 Å². The lowest BCUT2D eigenvalue weighted by molar-refractivity contribution is 0.303. The van der Waals surface area contributed by atoms with Crippen molar-refractivity contribution < 1.29 is 4.39 Å². The summed E-state index contributed by atoms with van der Waals surface area (Å²) >= 11 is 0. The first kappa shape index (κ1) is 16.8. The van der Waals surface area contributed by atoms with E-state index in [1.807, 2.05) is 0 Å². The van der Waals surface area contributed by atoms with Crippen LogP contribution in [0.2, 0.25) is 0 Å². The summed E-state index contributed by atoms with van der Waals surface area (Å²) in [4.78, 5) is 9.55. The second-order valence-electron chi connectivity index (χ2n) is 7.94. The first-order valence-corrected chi connectivity index (χ1v) is 8.71. The van der Waals surface area contributed by atoms with Gasteiger partial charge in [0.2, 0.25) is 5.82 Å². The molecule has 5 heteroatoms. The van der Waals surface area contributed by atoms with E-state index in [0.717, 1.165) is 5.56 Å². The Labute approximate surface area is 152 Å². The van der Waals surface area contributed by atoms with E-state index in [4.69, 9.17) is 4.99 Å². The average molecular weight is 348 g/mol. The lowest BCUT2D eigenvalue weighted by Crippen LogP contribution is -2.46. The van der Waals surface area contributed by atoms with Crippen molar-refractivity contribution >= 4 is 16.7 Å². The maximum Gasteiger partial charge on any atom is 0.201 e. The fraction of sp³-hybridized carbons (Fsp3) is 0.333. The van der Waals surface area contributed by atoms with Crippen molar-refractivity contribution in [2.75, 3.05) is 0 Å². The standard InChI is InChI=1S/C21H21FN4/c1-12-9-10-13-14(11-12)20(2,3)21(4,5)24-17(13)19-23-16-8-6-7-15(22)18(16)25-26-19/h6-11H,1-5H3. The highest BCUT2D eigenvalue weighted by molar-refractivity contribution is 6.13. The van der Waals surface area contributed by atoms with Crippen LogP contribution in [-0.4, -0.2) is 26.4 Å². The van der Waals surface area contributed by atoms with E-state index in [-0.39, 0.29) is 16.5 Å². The van der Waals surface area contributed by atoms with Gasteiger partial charge in [-0.2, -0.15) is 0 Å². The average Bonchev–Trinajstić information content (AvgIpc) is 2.59. The Morgan fingerprint density at radius 2 is 1.73 bits per heavy atom. The van der Waals surface area contributed by atoms with Gasteiger partial charge in [0, 0.05) is 11.0 Å². The van der Waals surface area contributed by atoms with Crippen LogP contribution in [0.3, 0.4) is 0 Å². The van der Waals surface area contributed by atoms with Crippen molar-refractivity contribution in [1.82, 2.24) is 15.2 Å². The van der Waals surface area contributed by atoms with Gasteiger partial charge in [0.15, 0.2) is 5.82 Å². The molecule has 0 bridgehead atoms. The Hall–Kier alpha value is -2.69. The van der Waals surface area contributed by atoms with Crippen LogP contribution in [-0.2, 0) is 5.41 Å². The molecule has 0 unspecified atom stereocenters. The van der Waals surface area contributed by atoms with Crippen LogP contribution in [0.4, 0.5) is 4.39 Å². The Morgan fingerprint density at radius 1 is 0.962 bits per heavy atom. The first-order chi connectivity index (χ1) is 12.2. The Balaban J connectivity index is 1.98. The second kappa shape index (κ2) is 5.40. The third-order valence-corrected chi connectivity index (χ3v) is 5.67. The van der Waals surface area contributed by atoms with E-state index >= 15 is 0 Å². The number of fused-ring (bicyclic) bond motifs is 2. The Kier molecular flexibility index (Phi) is 3.48. The van der Waals surface area contributed by atoms with Crippen molar-refractivity contribution in [3.63, 3.8) is 0 Å². The van der Waals surface area contributed by atoms with E-state index < -0.39 is 5.82 Å². The molecule has 1 aliphatic rings. The highest BCUT2D eigenvalue weighted by atomic mass is 19.1. The quantitative estimate of drug-likeness (QED) is 0.656. The zero-order valence-corrected chi connectivity index (χ0v) is 15.6. The highest BCUT2D eigenvalue weighted by Gasteiger charge is 2.44. The molecule has 0 saturated carbocycles. The fourth-order valence-corrected chi connectivity index (χ4v) is 3.39. The number of benzene rings is 2. The smallest absolute Gasteiger partial charge is 0.201 e. The number of hydrogen-bond donors (Lipinski definition) is 0. The maximum absolute atomic E-state index is 13.9. The molecule has 0 aliphatic carbocycles. The number of rotatable bonds is 1. The van der Waals surface area contributed by atoms with Crippen LogP contribution < -0.4 is 0 Å². The van der Waals surface area contributed by atoms with Gasteiger partial charge in [-0.25, -0.2) is 9.37 Å². The molecule has 1 aromatic heterocycles. The zero-order chi connectivity index (χ0) is 18.7. The normalized spacial score (nSPS) is 17.7. The van der Waals surface area contributed by atoms with Gasteiger partial charge in [-0.15, -0.1) is 10.2 Å². The molecule has 0 N–H and O–H groups in total. The van der Waals surface area contributed by atoms with Gasteiger partial charge in [-0.1, -0.05) is 43.7 Å². The summed E-state index contributed by atoms with van der Waals surface area (Å²) in [5.41, 5.74) is 4.31. The van der Waals surface area contributed by atoms with Crippen LogP contribution in [0.25, 0.3) is 11.0 Å². The van der Waals surface area contributed by atoms with Gasteiger partial charge in [0.1, 0.15) is 11.2 Å². The number of nitrogens with zero attached hydrogens (tertiary/aromatic N) is 4. The highest BCUT2D eigenvalue weighted by Crippen LogP contribution is 2.43. The van der Waals surface area contributed by atoms with Crippen LogP contribution in [0, 0.1) is 12.7 Å². The summed E-state index contributed by atoms with van der Waals surface area (Å²) in [5, 5.41) is 8.26. The topological polar surface area (TPSA) is 51.0 Å². The van der Waals surface area contributed by atoms with Gasteiger partial charge in [0.25, 0.3) is 0 Å². The molecule has 3 aromatic rings. The molecule has 0 amide bonds. The van der Waals surface area contributed by atoms with Crippen LogP contribution in [0.5, 0.6) is 0 Å². The second-order valence-corrected chi connectivity index (χ2v) is 7.94. The van der Waals surface area contributed by atoms with Crippen LogP contribution in [0.15, 0.2) is 41.4 Å². The van der Waals surface area contributed by atoms with Gasteiger partial charge in [-0.05, 0) is 38.5 Å². The van der Waals surface area contributed by atoms with Gasteiger partial charge in [-0.3, -0.25) is 4.99 Å². The lowest BCUT2D eigenvalue weighted by atomic mass is 9.66. The Morgan fingerprint density at radius 3 is 2.50 bits per heavy atom. The van der Waals surface area contributed by atoms with Crippen molar-refractivity contribution in [2.24, 2.45) is 4.99 Å². The van der Waals surface area contributed by atoms with Crippen LogP contribution >= 0.6 is 0 Å². The van der Waals surface area contributed by atoms with Crippen LogP contribution in [0.1, 0.15) is 50.2 Å². The third kappa shape index (κ3) is 2.34. The number of aliphatic imine (C=N–C) groups is 1. The summed E-state index contributed by atoms with van der Waals surface area (Å²) in [6.45, 7) is 10.7. The molecule has 0 saturated heterocycles. The third-order valence-electron chi connectivity index (χ3n) is 5.67. The first-order valence-electron chi connectivity index (χ1n) is 8.71. The van der Waals surface area contributed by atoms with E-state index in [9.17, 15) is 4.39 Å². The SMILES string of the molecule is Cc1ccc2c(c1)C(C)(C)C(C)(C)N=C2c1nnc2c(F)cccc2n1. The summed E-state index contributed by atoms with van der Waals surface area (Å²) in [5.74, 6) is 0.00824. The number of aryl methyl sites for hydroxylation is 1. The predicted octanol–water partition coefficient (Wildman–Crippen LogP) is 4.38. The molecule has 4 nitrogen and oxygen atoms in total. The summed E-state index contributed by atoms with van der Waals surface area (Å²) < 4.78 is 13.9. The molecule has 4 rings (SSSR count). The molecule has 1 aliphatic heterocycles. The summed E-state index contributed by atoms with van der Waals surface area (Å²) in [6.07, 6.45) is 0. The minimum atomic E-state index is -0.419. The molecule has 0 atom stereocenters. The fourth-order valence-electron chi connectivity index (χ4n) is 3.39. The van der Waals surface area contributed by atoms with Crippen molar-refractivity contribution in [1.29, 1.82) is 0 Å². The molecule has 0 radical (unpaired) electrons. The summed E-state index contributed by atoms with van der Waals surface area (Å²) in [6, 6.07) is 11.1. The Bertz CT molecular complexity index is 1070. The van der Waals surface area contributed by atoms with E-state index in [2.05, 4.69) is 68.0 Å². The van der Waals surface area contributed by atoms with Crippen molar-refractivity contribution in [3.05, 3.63) is 64.7 Å². The molecule has 0 spiro atoms. The van der Waals surface area contributed by atoms with Gasteiger partial charge >= 0.3 is 0 Å². The van der Waals surface area contributed by atoms with E-state index in [1.54, 1.807) is 12.1 Å². The maximum atomic E-state index is 13.9. The largest absolute Gasteiger partial charge is 0.274 e. The molecule has 2 aromatic carbocycles. The van der Waals surface area contributed by atoms with E-state index in [0.29, 0.717) is 17.1 Å². The molecule has 26 heavy (non-hydrogen) atoms. The number of halogens is 1. The molecule has 132 valence electrons. The van der Waals surface area contributed by atoms with Crippen molar-refractivity contribution in [3.8, 4) is 0 Å². The zero-order valence-electron chi connectivity index (χ0n) is 15.6. The minimum absolute atomic E-state index is 0.145. The molecule has 2 heterocycles. The summed E-state index contributed by atoms with van der Waals surface area (Å²) in [7, 11) is 0.